The molecule has 0 spiro atoms. The van der Waals surface area contributed by atoms with Crippen LogP contribution in [0.2, 0.25) is 0 Å². The Morgan fingerprint density at radius 3 is 2.69 bits per heavy atom. The van der Waals surface area contributed by atoms with Crippen LogP contribution in [0.5, 0.6) is 17.2 Å². The second kappa shape index (κ2) is 7.77. The van der Waals surface area contributed by atoms with E-state index in [0.717, 1.165) is 5.56 Å². The first-order valence-electron chi connectivity index (χ1n) is 8.15. The third-order valence-corrected chi connectivity index (χ3v) is 4.02. The van der Waals surface area contributed by atoms with E-state index in [-0.39, 0.29) is 25.2 Å². The van der Waals surface area contributed by atoms with Crippen LogP contribution in [0, 0.1) is 0 Å². The number of hydrogen-bond donors (Lipinski definition) is 1. The zero-order chi connectivity index (χ0) is 18.5. The fourth-order valence-electron chi connectivity index (χ4n) is 2.68. The number of fused-ring (bicyclic) bond motifs is 1. The van der Waals surface area contributed by atoms with Gasteiger partial charge < -0.3 is 24.4 Å². The summed E-state index contributed by atoms with van der Waals surface area (Å²) < 4.78 is 15.9. The number of para-hydroxylation sites is 1. The largest absolute Gasteiger partial charge is 0.496 e. The highest BCUT2D eigenvalue weighted by atomic mass is 16.7. The van der Waals surface area contributed by atoms with Gasteiger partial charge in [-0.1, -0.05) is 18.2 Å². The summed E-state index contributed by atoms with van der Waals surface area (Å²) in [4.78, 5) is 25.7. The van der Waals surface area contributed by atoms with Crippen LogP contribution in [0.3, 0.4) is 0 Å². The smallest absolute Gasteiger partial charge is 0.240 e. The highest BCUT2D eigenvalue weighted by Gasteiger charge is 2.20. The third-order valence-electron chi connectivity index (χ3n) is 4.02. The van der Waals surface area contributed by atoms with Crippen LogP contribution >= 0.6 is 0 Å². The van der Waals surface area contributed by atoms with Crippen molar-refractivity contribution in [2.24, 2.45) is 0 Å². The van der Waals surface area contributed by atoms with Gasteiger partial charge in [0.1, 0.15) is 12.3 Å². The molecular formula is C19H20N2O5. The van der Waals surface area contributed by atoms with Gasteiger partial charge in [-0.2, -0.15) is 0 Å². The molecule has 2 aromatic rings. The average molecular weight is 356 g/mol. The van der Waals surface area contributed by atoms with Crippen molar-refractivity contribution >= 4 is 17.5 Å². The standard InChI is InChI=1S/C19H20N2O5/c1-13(22)21(15-7-8-17-18(9-15)26-12-25-17)11-19(23)20-10-14-5-3-4-6-16(14)24-2/h3-9H,10-12H2,1-2H3,(H,20,23). The Kier molecular flexibility index (Phi) is 5.26. The molecule has 1 N–H and O–H groups in total. The maximum atomic E-state index is 12.3. The lowest BCUT2D eigenvalue weighted by Crippen LogP contribution is -2.39. The number of anilines is 1. The topological polar surface area (TPSA) is 77.1 Å². The van der Waals surface area contributed by atoms with Crippen LogP contribution in [0.25, 0.3) is 0 Å². The number of nitrogens with one attached hydrogen (secondary N) is 1. The van der Waals surface area contributed by atoms with Gasteiger partial charge in [0.15, 0.2) is 11.5 Å². The van der Waals surface area contributed by atoms with Crippen LogP contribution < -0.4 is 24.4 Å². The van der Waals surface area contributed by atoms with Crippen LogP contribution in [-0.4, -0.2) is 32.3 Å². The lowest BCUT2D eigenvalue weighted by molar-refractivity contribution is -0.123. The number of rotatable bonds is 6. The molecule has 1 aliphatic heterocycles. The number of hydrogen-bond acceptors (Lipinski definition) is 5. The first-order valence-corrected chi connectivity index (χ1v) is 8.15. The van der Waals surface area contributed by atoms with Crippen molar-refractivity contribution in [1.29, 1.82) is 0 Å². The molecule has 1 heterocycles. The second-order valence-electron chi connectivity index (χ2n) is 5.73. The molecule has 26 heavy (non-hydrogen) atoms. The van der Waals surface area contributed by atoms with E-state index in [4.69, 9.17) is 14.2 Å². The molecular weight excluding hydrogens is 336 g/mol. The molecule has 0 unspecified atom stereocenters. The first-order chi connectivity index (χ1) is 12.6. The minimum Gasteiger partial charge on any atom is -0.496 e. The van der Waals surface area contributed by atoms with E-state index in [1.165, 1.54) is 11.8 Å². The molecule has 2 amide bonds. The summed E-state index contributed by atoms with van der Waals surface area (Å²) in [5.74, 6) is 1.37. The van der Waals surface area contributed by atoms with Gasteiger partial charge in [0.25, 0.3) is 0 Å². The molecule has 0 aromatic heterocycles. The molecule has 2 aromatic carbocycles. The van der Waals surface area contributed by atoms with Crippen molar-refractivity contribution in [2.45, 2.75) is 13.5 Å². The molecule has 0 bridgehead atoms. The summed E-state index contributed by atoms with van der Waals surface area (Å²) in [6.07, 6.45) is 0. The van der Waals surface area contributed by atoms with Gasteiger partial charge in [-0.05, 0) is 18.2 Å². The summed E-state index contributed by atoms with van der Waals surface area (Å²) in [5, 5.41) is 2.81. The summed E-state index contributed by atoms with van der Waals surface area (Å²) in [5.41, 5.74) is 1.44. The van der Waals surface area contributed by atoms with E-state index in [9.17, 15) is 9.59 Å². The lowest BCUT2D eigenvalue weighted by Gasteiger charge is -2.21. The normalized spacial score (nSPS) is 11.8. The van der Waals surface area contributed by atoms with Crippen LogP contribution in [0.15, 0.2) is 42.5 Å². The van der Waals surface area contributed by atoms with Crippen LogP contribution in [-0.2, 0) is 16.1 Å². The van der Waals surface area contributed by atoms with Gasteiger partial charge in [0, 0.05) is 30.8 Å². The minimum atomic E-state index is -0.274. The van der Waals surface area contributed by atoms with Crippen molar-refractivity contribution < 1.29 is 23.8 Å². The van der Waals surface area contributed by atoms with Gasteiger partial charge in [-0.25, -0.2) is 0 Å². The Bertz CT molecular complexity index is 821. The quantitative estimate of drug-likeness (QED) is 0.858. The summed E-state index contributed by atoms with van der Waals surface area (Å²) in [7, 11) is 1.58. The van der Waals surface area contributed by atoms with Crippen molar-refractivity contribution in [3.63, 3.8) is 0 Å². The molecule has 1 aliphatic rings. The number of amides is 2. The Morgan fingerprint density at radius 2 is 1.92 bits per heavy atom. The SMILES string of the molecule is COc1ccccc1CNC(=O)CN(C(C)=O)c1ccc2c(c1)OCO2. The fraction of sp³-hybridized carbons (Fsp3) is 0.263. The Morgan fingerprint density at radius 1 is 1.15 bits per heavy atom. The van der Waals surface area contributed by atoms with E-state index in [1.807, 2.05) is 24.3 Å². The number of nitrogens with zero attached hydrogens (tertiary/aromatic N) is 1. The molecule has 0 saturated heterocycles. The number of ether oxygens (including phenoxy) is 3. The molecule has 0 fully saturated rings. The van der Waals surface area contributed by atoms with E-state index in [0.29, 0.717) is 29.5 Å². The van der Waals surface area contributed by atoms with Crippen molar-refractivity contribution in [3.8, 4) is 17.2 Å². The van der Waals surface area contributed by atoms with E-state index in [1.54, 1.807) is 25.3 Å². The van der Waals surface area contributed by atoms with Gasteiger partial charge in [0.2, 0.25) is 18.6 Å². The monoisotopic (exact) mass is 356 g/mol. The molecule has 136 valence electrons. The molecule has 7 nitrogen and oxygen atoms in total. The second-order valence-corrected chi connectivity index (χ2v) is 5.73. The Hall–Kier alpha value is -3.22. The van der Waals surface area contributed by atoms with Gasteiger partial charge in [-0.3, -0.25) is 9.59 Å². The van der Waals surface area contributed by atoms with E-state index < -0.39 is 0 Å². The van der Waals surface area contributed by atoms with Crippen LogP contribution in [0.4, 0.5) is 5.69 Å². The average Bonchev–Trinajstić information content (AvgIpc) is 3.12. The zero-order valence-corrected chi connectivity index (χ0v) is 14.7. The summed E-state index contributed by atoms with van der Waals surface area (Å²) in [6.45, 7) is 1.79. The minimum absolute atomic E-state index is 0.0931. The molecule has 7 heteroatoms. The summed E-state index contributed by atoms with van der Waals surface area (Å²) in [6, 6.07) is 12.6. The fourth-order valence-corrected chi connectivity index (χ4v) is 2.68. The number of carbonyl (C=O) groups is 2. The first kappa shape index (κ1) is 17.6. The summed E-state index contributed by atoms with van der Waals surface area (Å²) >= 11 is 0. The van der Waals surface area contributed by atoms with Crippen LogP contribution in [0.1, 0.15) is 12.5 Å². The molecule has 0 radical (unpaired) electrons. The van der Waals surface area contributed by atoms with Gasteiger partial charge in [-0.15, -0.1) is 0 Å². The predicted molar refractivity (Wildman–Crippen MR) is 95.4 cm³/mol. The molecule has 3 rings (SSSR count). The van der Waals surface area contributed by atoms with Crippen molar-refractivity contribution in [1.82, 2.24) is 5.32 Å². The highest BCUT2D eigenvalue weighted by molar-refractivity contribution is 5.97. The third kappa shape index (κ3) is 3.88. The van der Waals surface area contributed by atoms with Crippen molar-refractivity contribution in [3.05, 3.63) is 48.0 Å². The Balaban J connectivity index is 1.66. The lowest BCUT2D eigenvalue weighted by atomic mass is 10.2. The number of benzene rings is 2. The van der Waals surface area contributed by atoms with E-state index >= 15 is 0 Å². The van der Waals surface area contributed by atoms with E-state index in [2.05, 4.69) is 5.32 Å². The molecule has 0 saturated carbocycles. The van der Waals surface area contributed by atoms with Crippen molar-refractivity contribution in [2.75, 3.05) is 25.3 Å². The molecule has 0 atom stereocenters. The Labute approximate surface area is 151 Å². The highest BCUT2D eigenvalue weighted by Crippen LogP contribution is 2.35. The predicted octanol–water partition coefficient (Wildman–Crippen LogP) is 2.09. The number of methoxy groups -OCH3 is 1. The van der Waals surface area contributed by atoms with Gasteiger partial charge >= 0.3 is 0 Å². The maximum Gasteiger partial charge on any atom is 0.240 e. The van der Waals surface area contributed by atoms with Gasteiger partial charge in [0.05, 0.1) is 7.11 Å². The number of carbonyl (C=O) groups excluding carboxylic acids is 2. The maximum absolute atomic E-state index is 12.3. The molecule has 0 aliphatic carbocycles. The zero-order valence-electron chi connectivity index (χ0n) is 14.7.